The zero-order valence-corrected chi connectivity index (χ0v) is 11.0. The number of ketones is 1. The Morgan fingerprint density at radius 2 is 1.90 bits per heavy atom. The molecule has 1 aromatic rings. The third-order valence-corrected chi connectivity index (χ3v) is 3.84. The van der Waals surface area contributed by atoms with E-state index in [4.69, 9.17) is 14.2 Å². The fraction of sp³-hybridized carbons (Fsp3) is 0.312. The van der Waals surface area contributed by atoms with Crippen molar-refractivity contribution in [3.63, 3.8) is 0 Å². The highest BCUT2D eigenvalue weighted by molar-refractivity contribution is 6.11. The van der Waals surface area contributed by atoms with Crippen LogP contribution in [0.2, 0.25) is 0 Å². The number of allylic oxidation sites excluding steroid dienone is 2. The van der Waals surface area contributed by atoms with E-state index in [1.807, 2.05) is 18.2 Å². The second kappa shape index (κ2) is 4.40. The molecule has 0 aromatic heterocycles. The molecular weight excluding hydrogens is 256 g/mol. The molecule has 4 nitrogen and oxygen atoms in total. The van der Waals surface area contributed by atoms with E-state index in [9.17, 15) is 4.79 Å². The number of Topliss-reactive ketones (excluding diaryl/α,β-unsaturated/α-hetero) is 1. The molecule has 0 atom stereocenters. The van der Waals surface area contributed by atoms with Crippen molar-refractivity contribution in [3.05, 3.63) is 40.9 Å². The first-order valence-electron chi connectivity index (χ1n) is 6.87. The summed E-state index contributed by atoms with van der Waals surface area (Å²) in [6.45, 7) is 0.251. The molecule has 4 heteroatoms. The fourth-order valence-electron chi connectivity index (χ4n) is 2.81. The highest BCUT2D eigenvalue weighted by Gasteiger charge is 2.31. The van der Waals surface area contributed by atoms with E-state index in [-0.39, 0.29) is 12.6 Å². The first-order chi connectivity index (χ1) is 9.81. The van der Waals surface area contributed by atoms with Gasteiger partial charge in [0.1, 0.15) is 5.76 Å². The zero-order valence-electron chi connectivity index (χ0n) is 11.0. The number of carbonyl (C=O) groups excluding carboxylic acids is 1. The van der Waals surface area contributed by atoms with E-state index in [1.54, 1.807) is 6.08 Å². The van der Waals surface area contributed by atoms with Gasteiger partial charge in [-0.1, -0.05) is 6.07 Å². The van der Waals surface area contributed by atoms with E-state index < -0.39 is 0 Å². The van der Waals surface area contributed by atoms with E-state index in [0.717, 1.165) is 48.3 Å². The van der Waals surface area contributed by atoms with Crippen molar-refractivity contribution in [2.24, 2.45) is 0 Å². The Bertz CT molecular complexity index is 654. The lowest BCUT2D eigenvalue weighted by Gasteiger charge is -2.09. The summed E-state index contributed by atoms with van der Waals surface area (Å²) in [5.74, 6) is 2.78. The topological polar surface area (TPSA) is 44.8 Å². The van der Waals surface area contributed by atoms with Gasteiger partial charge in [-0.2, -0.15) is 0 Å². The summed E-state index contributed by atoms with van der Waals surface area (Å²) in [5, 5.41) is 0. The number of carbonyl (C=O) groups is 1. The summed E-state index contributed by atoms with van der Waals surface area (Å²) in [5.41, 5.74) is 1.75. The van der Waals surface area contributed by atoms with Crippen LogP contribution in [-0.4, -0.2) is 12.6 Å². The summed E-state index contributed by atoms with van der Waals surface area (Å²) in [6, 6.07) is 5.61. The molecule has 4 rings (SSSR count). The Balaban J connectivity index is 1.64. The molecular formula is C16H14O4. The minimum Gasteiger partial charge on any atom is -0.457 e. The van der Waals surface area contributed by atoms with Crippen LogP contribution in [0.15, 0.2) is 35.3 Å². The third kappa shape index (κ3) is 1.80. The van der Waals surface area contributed by atoms with Crippen molar-refractivity contribution in [3.8, 4) is 11.5 Å². The molecule has 0 saturated carbocycles. The van der Waals surface area contributed by atoms with Crippen LogP contribution in [0.1, 0.15) is 31.2 Å². The first kappa shape index (κ1) is 11.6. The van der Waals surface area contributed by atoms with Crippen LogP contribution in [0, 0.1) is 0 Å². The minimum atomic E-state index is 0.0392. The summed E-state index contributed by atoms with van der Waals surface area (Å²) in [6.07, 6.45) is 5.67. The highest BCUT2D eigenvalue weighted by atomic mass is 16.7. The van der Waals surface area contributed by atoms with Crippen molar-refractivity contribution in [2.45, 2.75) is 25.7 Å². The van der Waals surface area contributed by atoms with Crippen molar-refractivity contribution in [1.82, 2.24) is 0 Å². The number of fused-ring (bicyclic) bond motifs is 1. The van der Waals surface area contributed by atoms with Crippen molar-refractivity contribution in [1.29, 1.82) is 0 Å². The Morgan fingerprint density at radius 1 is 1.05 bits per heavy atom. The number of rotatable bonds is 1. The number of benzene rings is 1. The molecule has 2 aliphatic heterocycles. The van der Waals surface area contributed by atoms with Crippen LogP contribution >= 0.6 is 0 Å². The van der Waals surface area contributed by atoms with E-state index in [0.29, 0.717) is 11.5 Å². The SMILES string of the molecule is O=C1C2=C(CCCC2)O/C1=C\c1ccc2c(c1)OCO2. The van der Waals surface area contributed by atoms with Crippen molar-refractivity contribution < 1.29 is 19.0 Å². The standard InChI is InChI=1S/C16H14O4/c17-16-11-3-1-2-4-12(11)20-15(16)8-10-5-6-13-14(7-10)19-9-18-13/h5-8H,1-4,9H2/b15-8-. The zero-order chi connectivity index (χ0) is 13.5. The lowest BCUT2D eigenvalue weighted by molar-refractivity contribution is -0.113. The molecule has 20 heavy (non-hydrogen) atoms. The Kier molecular flexibility index (Phi) is 2.55. The van der Waals surface area contributed by atoms with Gasteiger partial charge in [-0.25, -0.2) is 0 Å². The van der Waals surface area contributed by atoms with Gasteiger partial charge in [0.05, 0.1) is 0 Å². The molecule has 3 aliphatic rings. The maximum Gasteiger partial charge on any atom is 0.231 e. The summed E-state index contributed by atoms with van der Waals surface area (Å²) in [4.78, 5) is 12.3. The molecule has 0 fully saturated rings. The lowest BCUT2D eigenvalue weighted by Crippen LogP contribution is -2.02. The molecule has 2 heterocycles. The number of ether oxygens (including phenoxy) is 3. The van der Waals surface area contributed by atoms with Gasteiger partial charge >= 0.3 is 0 Å². The van der Waals surface area contributed by atoms with Crippen LogP contribution in [0.5, 0.6) is 11.5 Å². The second-order valence-corrected chi connectivity index (χ2v) is 5.16. The number of hydrogen-bond acceptors (Lipinski definition) is 4. The Morgan fingerprint density at radius 3 is 2.80 bits per heavy atom. The van der Waals surface area contributed by atoms with Crippen LogP contribution in [0.3, 0.4) is 0 Å². The third-order valence-electron chi connectivity index (χ3n) is 3.84. The molecule has 0 spiro atoms. The quantitative estimate of drug-likeness (QED) is 0.735. The van der Waals surface area contributed by atoms with Gasteiger partial charge in [0.25, 0.3) is 0 Å². The van der Waals surface area contributed by atoms with Gasteiger partial charge in [0, 0.05) is 12.0 Å². The maximum atomic E-state index is 12.3. The summed E-state index contributed by atoms with van der Waals surface area (Å²) >= 11 is 0. The first-order valence-corrected chi connectivity index (χ1v) is 6.87. The average molecular weight is 270 g/mol. The molecule has 0 radical (unpaired) electrons. The van der Waals surface area contributed by atoms with Crippen molar-refractivity contribution in [2.75, 3.05) is 6.79 Å². The van der Waals surface area contributed by atoms with Gasteiger partial charge < -0.3 is 14.2 Å². The normalized spacial score (nSPS) is 22.2. The largest absolute Gasteiger partial charge is 0.457 e. The monoisotopic (exact) mass is 270 g/mol. The highest BCUT2D eigenvalue weighted by Crippen LogP contribution is 2.37. The van der Waals surface area contributed by atoms with Gasteiger partial charge in [-0.15, -0.1) is 0 Å². The summed E-state index contributed by atoms with van der Waals surface area (Å²) < 4.78 is 16.3. The molecule has 0 bridgehead atoms. The van der Waals surface area contributed by atoms with E-state index in [2.05, 4.69) is 0 Å². The van der Waals surface area contributed by atoms with E-state index >= 15 is 0 Å². The fourth-order valence-corrected chi connectivity index (χ4v) is 2.81. The van der Waals surface area contributed by atoms with Gasteiger partial charge in [-0.05, 0) is 43.0 Å². The van der Waals surface area contributed by atoms with Gasteiger partial charge in [0.15, 0.2) is 17.3 Å². The second-order valence-electron chi connectivity index (χ2n) is 5.16. The van der Waals surface area contributed by atoms with Gasteiger partial charge in [0.2, 0.25) is 12.6 Å². The molecule has 1 aliphatic carbocycles. The molecule has 0 saturated heterocycles. The van der Waals surface area contributed by atoms with E-state index in [1.165, 1.54) is 0 Å². The average Bonchev–Trinajstić information content (AvgIpc) is 3.05. The molecule has 0 N–H and O–H groups in total. The van der Waals surface area contributed by atoms with Crippen LogP contribution < -0.4 is 9.47 Å². The summed E-state index contributed by atoms with van der Waals surface area (Å²) in [7, 11) is 0. The lowest BCUT2D eigenvalue weighted by atomic mass is 9.96. The van der Waals surface area contributed by atoms with Crippen LogP contribution in [0.25, 0.3) is 6.08 Å². The maximum absolute atomic E-state index is 12.3. The minimum absolute atomic E-state index is 0.0392. The molecule has 102 valence electrons. The molecule has 0 amide bonds. The van der Waals surface area contributed by atoms with Crippen molar-refractivity contribution >= 4 is 11.9 Å². The molecule has 0 unspecified atom stereocenters. The predicted molar refractivity (Wildman–Crippen MR) is 72.1 cm³/mol. The smallest absolute Gasteiger partial charge is 0.231 e. The van der Waals surface area contributed by atoms with Crippen LogP contribution in [-0.2, 0) is 9.53 Å². The number of hydrogen-bond donors (Lipinski definition) is 0. The Hall–Kier alpha value is -2.23. The molecule has 1 aromatic carbocycles. The predicted octanol–water partition coefficient (Wildman–Crippen LogP) is 3.18. The Labute approximate surface area is 116 Å². The van der Waals surface area contributed by atoms with Gasteiger partial charge in [-0.3, -0.25) is 4.79 Å². The van der Waals surface area contributed by atoms with Crippen LogP contribution in [0.4, 0.5) is 0 Å².